The summed E-state index contributed by atoms with van der Waals surface area (Å²) in [5.74, 6) is -0.439. The Kier molecular flexibility index (Phi) is 7.56. The summed E-state index contributed by atoms with van der Waals surface area (Å²) >= 11 is 1.20. The van der Waals surface area contributed by atoms with E-state index in [4.69, 9.17) is 0 Å². The maximum absolute atomic E-state index is 12.5. The third-order valence-corrected chi connectivity index (χ3v) is 7.38. The van der Waals surface area contributed by atoms with Crippen LogP contribution in [0, 0.1) is 0 Å². The Morgan fingerprint density at radius 1 is 1.27 bits per heavy atom. The second-order valence-corrected chi connectivity index (χ2v) is 9.31. The number of nitrogens with zero attached hydrogens (tertiary/aromatic N) is 2. The van der Waals surface area contributed by atoms with Crippen LogP contribution in [0.3, 0.4) is 0 Å². The van der Waals surface area contributed by atoms with Crippen molar-refractivity contribution >= 4 is 33.2 Å². The molecule has 2 heterocycles. The first-order valence-electron chi connectivity index (χ1n) is 8.67. The van der Waals surface area contributed by atoms with Crippen molar-refractivity contribution in [3.8, 4) is 0 Å². The van der Waals surface area contributed by atoms with Gasteiger partial charge in [-0.05, 0) is 24.8 Å². The van der Waals surface area contributed by atoms with Crippen molar-refractivity contribution in [2.45, 2.75) is 30.5 Å². The van der Waals surface area contributed by atoms with Crippen LogP contribution in [-0.4, -0.2) is 74.7 Å². The van der Waals surface area contributed by atoms with E-state index < -0.39 is 16.1 Å². The average molecular weight is 403 g/mol. The first kappa shape index (κ1) is 20.8. The number of rotatable bonds is 8. The molecule has 1 aliphatic rings. The summed E-state index contributed by atoms with van der Waals surface area (Å²) in [6.45, 7) is 6.00. The summed E-state index contributed by atoms with van der Waals surface area (Å²) in [6, 6.07) is 2.73. The monoisotopic (exact) mass is 402 g/mol. The third kappa shape index (κ3) is 5.50. The standard InChI is InChI=1S/C16H26N4O4S2/c1-3-6-17-16(22)13(2)18-14(21)12-19-7-9-20(10-8-19)26(23,24)15-5-4-11-25-15/h4-5,11,13H,3,6-10,12H2,1-2H3,(H,17,22)(H,18,21)/t13-/m1/s1. The summed E-state index contributed by atoms with van der Waals surface area (Å²) in [5.41, 5.74) is 0. The van der Waals surface area contributed by atoms with Crippen molar-refractivity contribution in [2.75, 3.05) is 39.3 Å². The molecule has 1 aromatic rings. The predicted octanol–water partition coefficient (Wildman–Crippen LogP) is 0.0853. The van der Waals surface area contributed by atoms with Crippen molar-refractivity contribution in [1.82, 2.24) is 19.8 Å². The summed E-state index contributed by atoms with van der Waals surface area (Å²) in [6.07, 6.45) is 0.838. The molecule has 1 aliphatic heterocycles. The number of hydrogen-bond donors (Lipinski definition) is 2. The fraction of sp³-hybridized carbons (Fsp3) is 0.625. The Balaban J connectivity index is 1.78. The van der Waals surface area contributed by atoms with Gasteiger partial charge in [-0.15, -0.1) is 11.3 Å². The zero-order chi connectivity index (χ0) is 19.2. The molecule has 1 saturated heterocycles. The lowest BCUT2D eigenvalue weighted by atomic mass is 10.3. The number of sulfonamides is 1. The number of amides is 2. The minimum atomic E-state index is -3.44. The predicted molar refractivity (Wildman–Crippen MR) is 100 cm³/mol. The Morgan fingerprint density at radius 3 is 2.54 bits per heavy atom. The average Bonchev–Trinajstić information content (AvgIpc) is 3.15. The molecule has 0 unspecified atom stereocenters. The van der Waals surface area contributed by atoms with Crippen LogP contribution < -0.4 is 10.6 Å². The molecule has 2 N–H and O–H groups in total. The topological polar surface area (TPSA) is 98.8 Å². The Bertz CT molecular complexity index is 698. The summed E-state index contributed by atoms with van der Waals surface area (Å²) in [5, 5.41) is 7.16. The number of piperazine rings is 1. The van der Waals surface area contributed by atoms with Gasteiger partial charge in [-0.3, -0.25) is 14.5 Å². The van der Waals surface area contributed by atoms with Crippen LogP contribution in [0.4, 0.5) is 0 Å². The van der Waals surface area contributed by atoms with E-state index in [2.05, 4.69) is 10.6 Å². The van der Waals surface area contributed by atoms with Crippen LogP contribution in [0.2, 0.25) is 0 Å². The second-order valence-electron chi connectivity index (χ2n) is 6.19. The van der Waals surface area contributed by atoms with Crippen molar-refractivity contribution in [1.29, 1.82) is 0 Å². The van der Waals surface area contributed by atoms with E-state index in [0.29, 0.717) is 36.9 Å². The first-order valence-corrected chi connectivity index (χ1v) is 11.0. The fourth-order valence-electron chi connectivity index (χ4n) is 2.62. The SMILES string of the molecule is CCCNC(=O)[C@@H](C)NC(=O)CN1CCN(S(=O)(=O)c2cccs2)CC1. The van der Waals surface area contributed by atoms with Gasteiger partial charge in [0.25, 0.3) is 10.0 Å². The minimum Gasteiger partial charge on any atom is -0.354 e. The molecule has 1 aromatic heterocycles. The zero-order valence-electron chi connectivity index (χ0n) is 15.1. The van der Waals surface area contributed by atoms with Crippen LogP contribution in [-0.2, 0) is 19.6 Å². The summed E-state index contributed by atoms with van der Waals surface area (Å²) in [7, 11) is -3.44. The summed E-state index contributed by atoms with van der Waals surface area (Å²) < 4.78 is 26.8. The molecule has 0 saturated carbocycles. The van der Waals surface area contributed by atoms with Gasteiger partial charge in [0.1, 0.15) is 10.3 Å². The van der Waals surface area contributed by atoms with Gasteiger partial charge in [0.15, 0.2) is 0 Å². The Labute approximate surface area is 158 Å². The number of thiophene rings is 1. The highest BCUT2D eigenvalue weighted by atomic mass is 32.2. The van der Waals surface area contributed by atoms with Gasteiger partial charge in [0.2, 0.25) is 11.8 Å². The highest BCUT2D eigenvalue weighted by molar-refractivity contribution is 7.91. The number of carbonyl (C=O) groups is 2. The van der Waals surface area contributed by atoms with Crippen LogP contribution in [0.1, 0.15) is 20.3 Å². The number of hydrogen-bond acceptors (Lipinski definition) is 6. The maximum atomic E-state index is 12.5. The smallest absolute Gasteiger partial charge is 0.252 e. The quantitative estimate of drug-likeness (QED) is 0.642. The van der Waals surface area contributed by atoms with E-state index in [9.17, 15) is 18.0 Å². The number of carbonyl (C=O) groups excluding carboxylic acids is 2. The highest BCUT2D eigenvalue weighted by Crippen LogP contribution is 2.21. The maximum Gasteiger partial charge on any atom is 0.252 e. The second kappa shape index (κ2) is 9.45. The molecular formula is C16H26N4O4S2. The molecule has 146 valence electrons. The minimum absolute atomic E-state index is 0.151. The normalized spacial score (nSPS) is 17.6. The highest BCUT2D eigenvalue weighted by Gasteiger charge is 2.29. The number of nitrogens with one attached hydrogen (secondary N) is 2. The fourth-order valence-corrected chi connectivity index (χ4v) is 5.19. The van der Waals surface area contributed by atoms with E-state index >= 15 is 0 Å². The van der Waals surface area contributed by atoms with Crippen LogP contribution in [0.25, 0.3) is 0 Å². The molecule has 2 amide bonds. The van der Waals surface area contributed by atoms with Gasteiger partial charge < -0.3 is 10.6 Å². The van der Waals surface area contributed by atoms with Gasteiger partial charge >= 0.3 is 0 Å². The van der Waals surface area contributed by atoms with Crippen molar-refractivity contribution in [3.63, 3.8) is 0 Å². The van der Waals surface area contributed by atoms with Crippen LogP contribution >= 0.6 is 11.3 Å². The van der Waals surface area contributed by atoms with E-state index in [0.717, 1.165) is 6.42 Å². The van der Waals surface area contributed by atoms with E-state index in [-0.39, 0.29) is 18.4 Å². The van der Waals surface area contributed by atoms with E-state index in [1.807, 2.05) is 11.8 Å². The molecule has 10 heteroatoms. The lowest BCUT2D eigenvalue weighted by molar-refractivity contribution is -0.129. The molecule has 0 aromatic carbocycles. The molecular weight excluding hydrogens is 376 g/mol. The molecule has 0 radical (unpaired) electrons. The molecule has 0 spiro atoms. The van der Waals surface area contributed by atoms with Gasteiger partial charge in [0.05, 0.1) is 6.54 Å². The molecule has 26 heavy (non-hydrogen) atoms. The molecule has 0 aliphatic carbocycles. The van der Waals surface area contributed by atoms with Gasteiger partial charge in [-0.2, -0.15) is 4.31 Å². The lowest BCUT2D eigenvalue weighted by Gasteiger charge is -2.33. The molecule has 1 atom stereocenters. The van der Waals surface area contributed by atoms with Crippen molar-refractivity contribution in [3.05, 3.63) is 17.5 Å². The third-order valence-electron chi connectivity index (χ3n) is 4.11. The van der Waals surface area contributed by atoms with Crippen LogP contribution in [0.15, 0.2) is 21.7 Å². The van der Waals surface area contributed by atoms with Crippen molar-refractivity contribution in [2.24, 2.45) is 0 Å². The zero-order valence-corrected chi connectivity index (χ0v) is 16.7. The van der Waals surface area contributed by atoms with Gasteiger partial charge in [-0.25, -0.2) is 8.42 Å². The van der Waals surface area contributed by atoms with Crippen LogP contribution in [0.5, 0.6) is 0 Å². The summed E-state index contributed by atoms with van der Waals surface area (Å²) in [4.78, 5) is 25.8. The lowest BCUT2D eigenvalue weighted by Crippen LogP contribution is -2.53. The first-order chi connectivity index (χ1) is 12.3. The Morgan fingerprint density at radius 2 is 1.96 bits per heavy atom. The van der Waals surface area contributed by atoms with E-state index in [1.165, 1.54) is 15.6 Å². The van der Waals surface area contributed by atoms with Crippen molar-refractivity contribution < 1.29 is 18.0 Å². The molecule has 8 nitrogen and oxygen atoms in total. The van der Waals surface area contributed by atoms with E-state index in [1.54, 1.807) is 24.4 Å². The van der Waals surface area contributed by atoms with Gasteiger partial charge in [0, 0.05) is 32.7 Å². The molecule has 2 rings (SSSR count). The largest absolute Gasteiger partial charge is 0.354 e. The molecule has 1 fully saturated rings. The van der Waals surface area contributed by atoms with Gasteiger partial charge in [-0.1, -0.05) is 13.0 Å². The molecule has 0 bridgehead atoms. The Hall–Kier alpha value is -1.49.